The van der Waals surface area contributed by atoms with E-state index < -0.39 is 0 Å². The van der Waals surface area contributed by atoms with Crippen molar-refractivity contribution in [3.05, 3.63) is 11.6 Å². The quantitative estimate of drug-likeness (QED) is 0.459. The van der Waals surface area contributed by atoms with Crippen LogP contribution in [0.15, 0.2) is 11.6 Å². The second-order valence-electron chi connectivity index (χ2n) is 2.84. The van der Waals surface area contributed by atoms with Crippen LogP contribution >= 0.6 is 0 Å². The molecule has 2 nitrogen and oxygen atoms in total. The van der Waals surface area contributed by atoms with Gasteiger partial charge in [-0.05, 0) is 19.3 Å². The van der Waals surface area contributed by atoms with Gasteiger partial charge in [0.15, 0.2) is 0 Å². The molecule has 62 valence electrons. The average Bonchev–Trinajstić information content (AvgIpc) is 2.39. The zero-order valence-corrected chi connectivity index (χ0v) is 6.93. The van der Waals surface area contributed by atoms with Gasteiger partial charge in [0.05, 0.1) is 6.61 Å². The molecule has 1 aliphatic carbocycles. The average molecular weight is 154 g/mol. The van der Waals surface area contributed by atoms with Crippen LogP contribution in [0.3, 0.4) is 0 Å². The summed E-state index contributed by atoms with van der Waals surface area (Å²) in [4.78, 5) is 10.4. The summed E-state index contributed by atoms with van der Waals surface area (Å²) < 4.78 is 4.82. The number of rotatable bonds is 3. The Morgan fingerprint density at radius 1 is 1.73 bits per heavy atom. The van der Waals surface area contributed by atoms with Crippen molar-refractivity contribution < 1.29 is 9.53 Å². The number of allylic oxidation sites excluding steroid dienone is 1. The SMILES string of the molecule is CC(=O)OCCC1=CCCC1. The third-order valence-corrected chi connectivity index (χ3v) is 1.86. The van der Waals surface area contributed by atoms with Crippen LogP contribution < -0.4 is 0 Å². The fourth-order valence-corrected chi connectivity index (χ4v) is 1.29. The van der Waals surface area contributed by atoms with Crippen molar-refractivity contribution in [2.45, 2.75) is 32.6 Å². The molecule has 0 fully saturated rings. The Balaban J connectivity index is 2.07. The maximum Gasteiger partial charge on any atom is 0.302 e. The molecule has 1 aliphatic rings. The van der Waals surface area contributed by atoms with Crippen LogP contribution in [-0.2, 0) is 9.53 Å². The second-order valence-corrected chi connectivity index (χ2v) is 2.84. The number of hydrogen-bond acceptors (Lipinski definition) is 2. The van der Waals surface area contributed by atoms with Gasteiger partial charge >= 0.3 is 5.97 Å². The van der Waals surface area contributed by atoms with Crippen LogP contribution in [-0.4, -0.2) is 12.6 Å². The molecule has 0 unspecified atom stereocenters. The van der Waals surface area contributed by atoms with E-state index in [4.69, 9.17) is 4.74 Å². The lowest BCUT2D eigenvalue weighted by atomic mass is 10.2. The van der Waals surface area contributed by atoms with E-state index in [0.717, 1.165) is 6.42 Å². The van der Waals surface area contributed by atoms with Gasteiger partial charge in [0, 0.05) is 13.3 Å². The molecule has 0 spiro atoms. The highest BCUT2D eigenvalue weighted by Crippen LogP contribution is 2.20. The van der Waals surface area contributed by atoms with Crippen molar-refractivity contribution in [3.8, 4) is 0 Å². The largest absolute Gasteiger partial charge is 0.466 e. The number of carbonyl (C=O) groups is 1. The summed E-state index contributed by atoms with van der Waals surface area (Å²) in [6.45, 7) is 2.00. The molecular formula is C9H14O2. The van der Waals surface area contributed by atoms with Gasteiger partial charge in [0.25, 0.3) is 0 Å². The van der Waals surface area contributed by atoms with Crippen LogP contribution in [0.2, 0.25) is 0 Å². The topological polar surface area (TPSA) is 26.3 Å². The molecule has 11 heavy (non-hydrogen) atoms. The molecule has 0 aromatic carbocycles. The highest BCUT2D eigenvalue weighted by molar-refractivity contribution is 5.65. The Bertz CT molecular complexity index is 170. The predicted molar refractivity (Wildman–Crippen MR) is 43.2 cm³/mol. The number of hydrogen-bond donors (Lipinski definition) is 0. The maximum absolute atomic E-state index is 10.4. The van der Waals surface area contributed by atoms with E-state index in [9.17, 15) is 4.79 Å². The Morgan fingerprint density at radius 2 is 2.55 bits per heavy atom. The first kappa shape index (κ1) is 8.31. The van der Waals surface area contributed by atoms with Crippen molar-refractivity contribution in [1.29, 1.82) is 0 Å². The molecular weight excluding hydrogens is 140 g/mol. The van der Waals surface area contributed by atoms with E-state index in [0.29, 0.717) is 6.61 Å². The normalized spacial score (nSPS) is 16.3. The number of ether oxygens (including phenoxy) is 1. The highest BCUT2D eigenvalue weighted by atomic mass is 16.5. The molecule has 0 aliphatic heterocycles. The number of carbonyl (C=O) groups excluding carboxylic acids is 1. The van der Waals surface area contributed by atoms with E-state index in [1.54, 1.807) is 0 Å². The summed E-state index contributed by atoms with van der Waals surface area (Å²) >= 11 is 0. The lowest BCUT2D eigenvalue weighted by molar-refractivity contribution is -0.140. The van der Waals surface area contributed by atoms with E-state index in [2.05, 4.69) is 6.08 Å². The Labute approximate surface area is 67.2 Å². The van der Waals surface area contributed by atoms with Crippen molar-refractivity contribution in [2.24, 2.45) is 0 Å². The smallest absolute Gasteiger partial charge is 0.302 e. The van der Waals surface area contributed by atoms with E-state index in [1.807, 2.05) is 0 Å². The van der Waals surface area contributed by atoms with Gasteiger partial charge in [0.2, 0.25) is 0 Å². The summed E-state index contributed by atoms with van der Waals surface area (Å²) in [6, 6.07) is 0. The molecule has 1 rings (SSSR count). The molecule has 0 bridgehead atoms. The minimum Gasteiger partial charge on any atom is -0.466 e. The second kappa shape index (κ2) is 4.16. The Morgan fingerprint density at radius 3 is 3.09 bits per heavy atom. The first-order valence-electron chi connectivity index (χ1n) is 4.10. The van der Waals surface area contributed by atoms with Gasteiger partial charge in [-0.25, -0.2) is 0 Å². The zero-order chi connectivity index (χ0) is 8.10. The lowest BCUT2D eigenvalue weighted by Gasteiger charge is -2.01. The van der Waals surface area contributed by atoms with Crippen LogP contribution in [0.5, 0.6) is 0 Å². The minimum atomic E-state index is -0.177. The summed E-state index contributed by atoms with van der Waals surface area (Å²) in [5, 5.41) is 0. The predicted octanol–water partition coefficient (Wildman–Crippen LogP) is 2.05. The molecule has 0 saturated heterocycles. The van der Waals surface area contributed by atoms with Crippen LogP contribution in [0.1, 0.15) is 32.6 Å². The van der Waals surface area contributed by atoms with Crippen molar-refractivity contribution >= 4 is 5.97 Å². The molecule has 0 saturated carbocycles. The van der Waals surface area contributed by atoms with E-state index in [1.165, 1.54) is 31.8 Å². The monoisotopic (exact) mass is 154 g/mol. The van der Waals surface area contributed by atoms with Gasteiger partial charge in [-0.3, -0.25) is 4.79 Å². The Hall–Kier alpha value is -0.790. The maximum atomic E-state index is 10.4. The highest BCUT2D eigenvalue weighted by Gasteiger charge is 2.04. The number of esters is 1. The fourth-order valence-electron chi connectivity index (χ4n) is 1.29. The van der Waals surface area contributed by atoms with Crippen LogP contribution in [0, 0.1) is 0 Å². The Kier molecular flexibility index (Phi) is 3.14. The third-order valence-electron chi connectivity index (χ3n) is 1.86. The summed E-state index contributed by atoms with van der Waals surface area (Å²) in [7, 11) is 0. The third kappa shape index (κ3) is 3.21. The molecule has 0 radical (unpaired) electrons. The standard InChI is InChI=1S/C9H14O2/c1-8(10)11-7-6-9-4-2-3-5-9/h4H,2-3,5-7H2,1H3. The van der Waals surface area contributed by atoms with Crippen LogP contribution in [0.25, 0.3) is 0 Å². The molecule has 0 aromatic heterocycles. The van der Waals surface area contributed by atoms with Crippen molar-refractivity contribution in [2.75, 3.05) is 6.61 Å². The lowest BCUT2D eigenvalue weighted by Crippen LogP contribution is -2.00. The molecule has 0 aromatic rings. The van der Waals surface area contributed by atoms with E-state index >= 15 is 0 Å². The zero-order valence-electron chi connectivity index (χ0n) is 6.93. The first-order chi connectivity index (χ1) is 5.29. The molecule has 0 amide bonds. The van der Waals surface area contributed by atoms with Gasteiger partial charge in [-0.2, -0.15) is 0 Å². The van der Waals surface area contributed by atoms with Gasteiger partial charge in [-0.1, -0.05) is 11.6 Å². The van der Waals surface area contributed by atoms with Gasteiger partial charge in [0.1, 0.15) is 0 Å². The molecule has 0 N–H and O–H groups in total. The van der Waals surface area contributed by atoms with Crippen molar-refractivity contribution in [3.63, 3.8) is 0 Å². The molecule has 0 atom stereocenters. The van der Waals surface area contributed by atoms with E-state index in [-0.39, 0.29) is 5.97 Å². The summed E-state index contributed by atoms with van der Waals surface area (Å²) in [5.41, 5.74) is 1.45. The van der Waals surface area contributed by atoms with Gasteiger partial charge < -0.3 is 4.74 Å². The van der Waals surface area contributed by atoms with Crippen molar-refractivity contribution in [1.82, 2.24) is 0 Å². The van der Waals surface area contributed by atoms with Crippen LogP contribution in [0.4, 0.5) is 0 Å². The summed E-state index contributed by atoms with van der Waals surface area (Å²) in [6.07, 6.45) is 6.86. The van der Waals surface area contributed by atoms with Gasteiger partial charge in [-0.15, -0.1) is 0 Å². The first-order valence-corrected chi connectivity index (χ1v) is 4.10. The minimum absolute atomic E-state index is 0.177. The molecule has 2 heteroatoms. The fraction of sp³-hybridized carbons (Fsp3) is 0.667. The summed E-state index contributed by atoms with van der Waals surface area (Å²) in [5.74, 6) is -0.177. The molecule has 0 heterocycles.